The molecule has 0 aliphatic carbocycles. The van der Waals surface area contributed by atoms with Gasteiger partial charge in [0.25, 0.3) is 0 Å². The van der Waals surface area contributed by atoms with Crippen LogP contribution in [0.4, 0.5) is 0 Å². The average Bonchev–Trinajstić information content (AvgIpc) is 2.07. The van der Waals surface area contributed by atoms with Gasteiger partial charge in [0.15, 0.2) is 0 Å². The summed E-state index contributed by atoms with van der Waals surface area (Å²) in [6.07, 6.45) is 0. The monoisotopic (exact) mass is 213 g/mol. The first-order valence-corrected chi connectivity index (χ1v) is 5.19. The van der Waals surface area contributed by atoms with Crippen molar-refractivity contribution in [2.45, 2.75) is 0 Å². The first kappa shape index (κ1) is 8.15. The molecule has 0 aliphatic heterocycles. The fraction of sp³-hybridized carbons (Fsp3) is 0.143. The quantitative estimate of drug-likeness (QED) is 0.313. The molecule has 0 atom stereocenters. The molecule has 1 aromatic carbocycles. The van der Waals surface area contributed by atoms with Gasteiger partial charge in [-0.15, -0.1) is 0 Å². The number of azide groups is 1. The van der Waals surface area contributed by atoms with E-state index < -0.39 is 0 Å². The summed E-state index contributed by atoms with van der Waals surface area (Å²) >= 11 is 0.299. The van der Waals surface area contributed by atoms with Gasteiger partial charge in [-0.3, -0.25) is 0 Å². The summed E-state index contributed by atoms with van der Waals surface area (Å²) < 4.78 is 1.27. The van der Waals surface area contributed by atoms with E-state index in [0.29, 0.717) is 20.4 Å². The van der Waals surface area contributed by atoms with Crippen molar-refractivity contribution in [3.63, 3.8) is 0 Å². The maximum atomic E-state index is 8.01. The molecule has 11 heavy (non-hydrogen) atoms. The third-order valence-corrected chi connectivity index (χ3v) is 2.88. The van der Waals surface area contributed by atoms with E-state index in [-0.39, 0.29) is 0 Å². The van der Waals surface area contributed by atoms with Crippen molar-refractivity contribution in [3.8, 4) is 0 Å². The van der Waals surface area contributed by atoms with Crippen LogP contribution in [0.1, 0.15) is 0 Å². The van der Waals surface area contributed by atoms with Crippen LogP contribution in [0.3, 0.4) is 0 Å². The maximum absolute atomic E-state index is 8.01. The molecule has 0 aromatic heterocycles. The molecule has 0 heterocycles. The van der Waals surface area contributed by atoms with Gasteiger partial charge >= 0.3 is 70.8 Å². The van der Waals surface area contributed by atoms with E-state index in [9.17, 15) is 0 Å². The fourth-order valence-electron chi connectivity index (χ4n) is 0.646. The molecule has 0 radical (unpaired) electrons. The van der Waals surface area contributed by atoms with Crippen molar-refractivity contribution < 1.29 is 0 Å². The Balaban J connectivity index is 2.45. The number of hydrogen-bond acceptors (Lipinski definition) is 1. The number of benzene rings is 1. The molecule has 1 aromatic rings. The van der Waals surface area contributed by atoms with Crippen molar-refractivity contribution in [1.29, 1.82) is 0 Å². The van der Waals surface area contributed by atoms with E-state index in [1.165, 1.54) is 4.46 Å². The molecular weight excluding hydrogens is 205 g/mol. The van der Waals surface area contributed by atoms with Crippen LogP contribution in [-0.2, 0) is 0 Å². The molecule has 0 unspecified atom stereocenters. The summed E-state index contributed by atoms with van der Waals surface area (Å²) in [4.78, 5) is 2.69. The predicted molar refractivity (Wildman–Crippen MR) is 45.8 cm³/mol. The molecule has 0 amide bonds. The molecule has 0 aliphatic rings. The van der Waals surface area contributed by atoms with E-state index in [2.05, 4.69) is 10.0 Å². The Labute approximate surface area is 71.2 Å². The zero-order valence-corrected chi connectivity index (χ0v) is 7.56. The van der Waals surface area contributed by atoms with Crippen LogP contribution < -0.4 is 4.46 Å². The van der Waals surface area contributed by atoms with Gasteiger partial charge in [-0.1, -0.05) is 0 Å². The van der Waals surface area contributed by atoms with Crippen LogP contribution in [0, 0.1) is 0 Å². The Hall–Kier alpha value is -0.951. The first-order valence-electron chi connectivity index (χ1n) is 3.12. The van der Waals surface area contributed by atoms with Crippen LogP contribution in [0.5, 0.6) is 0 Å². The van der Waals surface area contributed by atoms with Gasteiger partial charge in [0.2, 0.25) is 0 Å². The molecule has 1 rings (SSSR count). The van der Waals surface area contributed by atoms with Gasteiger partial charge in [0.1, 0.15) is 0 Å². The molecular formula is C7H7N3Se. The van der Waals surface area contributed by atoms with Gasteiger partial charge < -0.3 is 0 Å². The summed E-state index contributed by atoms with van der Waals surface area (Å²) in [6, 6.07) is 10.1. The summed E-state index contributed by atoms with van der Waals surface area (Å²) in [6.45, 7) is 0. The molecule has 3 nitrogen and oxygen atoms in total. The van der Waals surface area contributed by atoms with Crippen LogP contribution in [0.15, 0.2) is 35.4 Å². The van der Waals surface area contributed by atoms with Crippen molar-refractivity contribution in [3.05, 3.63) is 40.8 Å². The van der Waals surface area contributed by atoms with Gasteiger partial charge in [0, 0.05) is 0 Å². The molecule has 4 heteroatoms. The second-order valence-electron chi connectivity index (χ2n) is 1.82. The first-order chi connectivity index (χ1) is 5.43. The van der Waals surface area contributed by atoms with Crippen molar-refractivity contribution in [2.24, 2.45) is 5.11 Å². The van der Waals surface area contributed by atoms with E-state index in [0.717, 1.165) is 0 Å². The van der Waals surface area contributed by atoms with Crippen LogP contribution in [0.25, 0.3) is 10.4 Å². The minimum atomic E-state index is 0.299. The second-order valence-corrected chi connectivity index (χ2v) is 3.95. The summed E-state index contributed by atoms with van der Waals surface area (Å²) in [5.41, 5.74) is 8.62. The zero-order valence-electron chi connectivity index (χ0n) is 5.84. The van der Waals surface area contributed by atoms with Crippen LogP contribution in [0.2, 0.25) is 0 Å². The van der Waals surface area contributed by atoms with Gasteiger partial charge in [-0.25, -0.2) is 0 Å². The SMILES string of the molecule is [N-]=[N+]=NC[Se]c1ccccc1. The summed E-state index contributed by atoms with van der Waals surface area (Å²) in [7, 11) is 0. The Morgan fingerprint density at radius 2 is 2.09 bits per heavy atom. The molecule has 56 valence electrons. The average molecular weight is 212 g/mol. The Bertz CT molecular complexity index is 254. The van der Waals surface area contributed by atoms with Crippen molar-refractivity contribution in [2.75, 3.05) is 5.44 Å². The second kappa shape index (κ2) is 4.80. The Morgan fingerprint density at radius 1 is 1.36 bits per heavy atom. The van der Waals surface area contributed by atoms with E-state index in [1.807, 2.05) is 30.3 Å². The molecule has 0 bridgehead atoms. The van der Waals surface area contributed by atoms with Gasteiger partial charge in [-0.05, 0) is 0 Å². The van der Waals surface area contributed by atoms with E-state index in [4.69, 9.17) is 5.53 Å². The normalized spacial score (nSPS) is 8.73. The predicted octanol–water partition coefficient (Wildman–Crippen LogP) is 1.28. The molecule has 0 N–H and O–H groups in total. The minimum absolute atomic E-state index is 0.299. The van der Waals surface area contributed by atoms with E-state index in [1.54, 1.807) is 0 Å². The number of hydrogen-bond donors (Lipinski definition) is 0. The van der Waals surface area contributed by atoms with Crippen molar-refractivity contribution in [1.82, 2.24) is 0 Å². The zero-order chi connectivity index (χ0) is 7.94. The third-order valence-electron chi connectivity index (χ3n) is 1.10. The third kappa shape index (κ3) is 3.10. The van der Waals surface area contributed by atoms with Crippen LogP contribution >= 0.6 is 0 Å². The number of rotatable bonds is 3. The molecule has 0 fully saturated rings. The summed E-state index contributed by atoms with van der Waals surface area (Å²) in [5, 5.41) is 3.48. The Kier molecular flexibility index (Phi) is 3.56. The Morgan fingerprint density at radius 3 is 2.73 bits per heavy atom. The van der Waals surface area contributed by atoms with Gasteiger partial charge in [-0.2, -0.15) is 0 Å². The molecule has 0 saturated heterocycles. The van der Waals surface area contributed by atoms with E-state index >= 15 is 0 Å². The number of nitrogens with zero attached hydrogens (tertiary/aromatic N) is 3. The summed E-state index contributed by atoms with van der Waals surface area (Å²) in [5.74, 6) is 0. The molecule has 0 spiro atoms. The fourth-order valence-corrected chi connectivity index (χ4v) is 1.92. The molecule has 0 saturated carbocycles. The van der Waals surface area contributed by atoms with Gasteiger partial charge in [0.05, 0.1) is 0 Å². The standard InChI is InChI=1S/C7H7N3Se/c8-10-9-6-11-7-4-2-1-3-5-7/h1-5H,6H2. The van der Waals surface area contributed by atoms with Crippen molar-refractivity contribution >= 4 is 19.4 Å². The van der Waals surface area contributed by atoms with Crippen LogP contribution in [-0.4, -0.2) is 20.4 Å². The topological polar surface area (TPSA) is 48.8 Å².